The molecule has 3 heterocycles. The van der Waals surface area contributed by atoms with Crippen molar-refractivity contribution in [2.24, 2.45) is 0 Å². The number of ether oxygens (including phenoxy) is 1. The highest BCUT2D eigenvalue weighted by Crippen LogP contribution is 2.23. The normalized spacial score (nSPS) is 16.8. The third kappa shape index (κ3) is 4.15. The zero-order chi connectivity index (χ0) is 16.9. The summed E-state index contributed by atoms with van der Waals surface area (Å²) in [7, 11) is 0. The van der Waals surface area contributed by atoms with Crippen LogP contribution in [-0.4, -0.2) is 48.9 Å². The highest BCUT2D eigenvalue weighted by atomic mass is 16.5. The molecule has 0 bridgehead atoms. The van der Waals surface area contributed by atoms with Gasteiger partial charge in [0.15, 0.2) is 5.82 Å². The van der Waals surface area contributed by atoms with Gasteiger partial charge in [-0.25, -0.2) is 4.79 Å². The summed E-state index contributed by atoms with van der Waals surface area (Å²) in [5.74, 6) is 2.72. The molecule has 8 nitrogen and oxygen atoms in total. The van der Waals surface area contributed by atoms with E-state index in [0.717, 1.165) is 24.6 Å². The van der Waals surface area contributed by atoms with Crippen molar-refractivity contribution in [1.29, 1.82) is 0 Å². The number of aryl methyl sites for hydroxylation is 2. The smallest absolute Gasteiger partial charge is 0.320 e. The lowest BCUT2D eigenvalue weighted by Gasteiger charge is -2.33. The van der Waals surface area contributed by atoms with E-state index in [0.29, 0.717) is 31.3 Å². The fraction of sp³-hybridized carbons (Fsp3) is 0.500. The maximum Gasteiger partial charge on any atom is 0.320 e. The summed E-state index contributed by atoms with van der Waals surface area (Å²) in [5.41, 5.74) is 0. The van der Waals surface area contributed by atoms with Gasteiger partial charge in [-0.15, -0.1) is 0 Å². The van der Waals surface area contributed by atoms with E-state index in [1.807, 2.05) is 19.1 Å². The van der Waals surface area contributed by atoms with Gasteiger partial charge in [0, 0.05) is 25.7 Å². The third-order valence-corrected chi connectivity index (χ3v) is 3.90. The van der Waals surface area contributed by atoms with Gasteiger partial charge in [0.2, 0.25) is 0 Å². The molecule has 2 N–H and O–H groups in total. The Balaban J connectivity index is 1.61. The molecule has 0 aliphatic carbocycles. The monoisotopic (exact) mass is 334 g/mol. The Hall–Kier alpha value is -2.32. The Morgan fingerprint density at radius 3 is 2.71 bits per heavy atom. The van der Waals surface area contributed by atoms with Crippen LogP contribution < -0.4 is 10.6 Å². The second-order valence-electron chi connectivity index (χ2n) is 5.77. The molecule has 1 saturated heterocycles. The van der Waals surface area contributed by atoms with Gasteiger partial charge in [0.05, 0.1) is 19.3 Å². The van der Waals surface area contributed by atoms with Crippen molar-refractivity contribution in [3.8, 4) is 0 Å². The minimum Gasteiger partial charge on any atom is -0.465 e. The molecule has 0 unspecified atom stereocenters. The molecule has 2 aromatic heterocycles. The number of urea groups is 1. The number of morpholine rings is 1. The van der Waals surface area contributed by atoms with Crippen molar-refractivity contribution < 1.29 is 18.5 Å². The lowest BCUT2D eigenvalue weighted by atomic mass is 10.1. The highest BCUT2D eigenvalue weighted by Gasteiger charge is 2.25. The molecule has 0 spiro atoms. The van der Waals surface area contributed by atoms with Crippen molar-refractivity contribution in [2.75, 3.05) is 38.2 Å². The Morgan fingerprint density at radius 1 is 1.29 bits per heavy atom. The highest BCUT2D eigenvalue weighted by molar-refractivity contribution is 5.88. The van der Waals surface area contributed by atoms with Crippen molar-refractivity contribution >= 4 is 11.8 Å². The second kappa shape index (κ2) is 7.50. The molecule has 2 amide bonds. The number of furan rings is 1. The topological polar surface area (TPSA) is 92.8 Å². The van der Waals surface area contributed by atoms with Crippen LogP contribution in [0.15, 0.2) is 27.1 Å². The minimum absolute atomic E-state index is 0.0348. The lowest BCUT2D eigenvalue weighted by molar-refractivity contribution is 0.0122. The maximum atomic E-state index is 12.1. The summed E-state index contributed by atoms with van der Waals surface area (Å²) >= 11 is 0. The summed E-state index contributed by atoms with van der Waals surface area (Å²) < 4.78 is 16.1. The van der Waals surface area contributed by atoms with Crippen molar-refractivity contribution in [1.82, 2.24) is 15.4 Å². The van der Waals surface area contributed by atoms with Gasteiger partial charge in [-0.2, -0.15) is 0 Å². The van der Waals surface area contributed by atoms with E-state index in [4.69, 9.17) is 13.7 Å². The molecule has 1 atom stereocenters. The summed E-state index contributed by atoms with van der Waals surface area (Å²) in [6.45, 7) is 7.07. The molecule has 0 aromatic carbocycles. The fourth-order valence-electron chi connectivity index (χ4n) is 2.71. The number of hydrogen-bond acceptors (Lipinski definition) is 6. The summed E-state index contributed by atoms with van der Waals surface area (Å²) in [5, 5.41) is 9.26. The summed E-state index contributed by atoms with van der Waals surface area (Å²) in [6.07, 6.45) is 0. The van der Waals surface area contributed by atoms with Crippen LogP contribution in [0.25, 0.3) is 0 Å². The predicted molar refractivity (Wildman–Crippen MR) is 86.8 cm³/mol. The number of rotatable bonds is 5. The standard InChI is InChI=1S/C16H22N4O4/c1-11-3-4-14(23-11)13(20-5-7-22-8-6-20)10-17-16(21)18-15-9-12(2)24-19-15/h3-4,9,13H,5-8,10H2,1-2H3,(H2,17,18,19,21)/t13-/m1/s1. The Morgan fingerprint density at radius 2 is 2.08 bits per heavy atom. The maximum absolute atomic E-state index is 12.1. The number of anilines is 1. The molecule has 1 fully saturated rings. The molecule has 24 heavy (non-hydrogen) atoms. The average molecular weight is 334 g/mol. The molecular formula is C16H22N4O4. The molecule has 0 radical (unpaired) electrons. The van der Waals surface area contributed by atoms with E-state index in [9.17, 15) is 4.79 Å². The van der Waals surface area contributed by atoms with Gasteiger partial charge in [0.25, 0.3) is 0 Å². The molecule has 130 valence electrons. The van der Waals surface area contributed by atoms with E-state index in [-0.39, 0.29) is 12.1 Å². The number of nitrogens with one attached hydrogen (secondary N) is 2. The van der Waals surface area contributed by atoms with Crippen LogP contribution in [-0.2, 0) is 4.74 Å². The quantitative estimate of drug-likeness (QED) is 0.870. The van der Waals surface area contributed by atoms with Gasteiger partial charge in [-0.1, -0.05) is 5.16 Å². The molecule has 1 aliphatic rings. The average Bonchev–Trinajstić information content (AvgIpc) is 3.17. The van der Waals surface area contributed by atoms with Gasteiger partial charge in [-0.05, 0) is 26.0 Å². The molecule has 0 saturated carbocycles. The predicted octanol–water partition coefficient (Wildman–Crippen LogP) is 2.08. The molecule has 3 rings (SSSR count). The Bertz CT molecular complexity index is 675. The van der Waals surface area contributed by atoms with E-state index < -0.39 is 0 Å². The summed E-state index contributed by atoms with van der Waals surface area (Å²) in [4.78, 5) is 14.3. The zero-order valence-electron chi connectivity index (χ0n) is 13.9. The largest absolute Gasteiger partial charge is 0.465 e. The Labute approximate surface area is 140 Å². The lowest BCUT2D eigenvalue weighted by Crippen LogP contribution is -2.44. The number of nitrogens with zero attached hydrogens (tertiary/aromatic N) is 2. The van der Waals surface area contributed by atoms with Gasteiger partial charge < -0.3 is 19.0 Å². The van der Waals surface area contributed by atoms with E-state index in [2.05, 4.69) is 20.7 Å². The zero-order valence-corrected chi connectivity index (χ0v) is 13.9. The minimum atomic E-state index is -0.329. The number of carbonyl (C=O) groups is 1. The van der Waals surface area contributed by atoms with Gasteiger partial charge in [-0.3, -0.25) is 10.2 Å². The summed E-state index contributed by atoms with van der Waals surface area (Å²) in [6, 6.07) is 5.18. The first-order valence-corrected chi connectivity index (χ1v) is 7.98. The second-order valence-corrected chi connectivity index (χ2v) is 5.77. The van der Waals surface area contributed by atoms with Gasteiger partial charge in [0.1, 0.15) is 17.3 Å². The third-order valence-electron chi connectivity index (χ3n) is 3.90. The molecular weight excluding hydrogens is 312 g/mol. The van der Waals surface area contributed by atoms with Crippen LogP contribution in [0, 0.1) is 13.8 Å². The van der Waals surface area contributed by atoms with Crippen LogP contribution in [0.1, 0.15) is 23.3 Å². The Kier molecular flexibility index (Phi) is 5.17. The van der Waals surface area contributed by atoms with Crippen LogP contribution >= 0.6 is 0 Å². The van der Waals surface area contributed by atoms with Gasteiger partial charge >= 0.3 is 6.03 Å². The first kappa shape index (κ1) is 16.5. The van der Waals surface area contributed by atoms with Crippen molar-refractivity contribution in [2.45, 2.75) is 19.9 Å². The van der Waals surface area contributed by atoms with Crippen molar-refractivity contribution in [3.05, 3.63) is 35.5 Å². The van der Waals surface area contributed by atoms with E-state index in [1.165, 1.54) is 0 Å². The van der Waals surface area contributed by atoms with E-state index in [1.54, 1.807) is 13.0 Å². The molecule has 1 aliphatic heterocycles. The fourth-order valence-corrected chi connectivity index (χ4v) is 2.71. The van der Waals surface area contributed by atoms with Crippen LogP contribution in [0.3, 0.4) is 0 Å². The first-order valence-electron chi connectivity index (χ1n) is 7.98. The van der Waals surface area contributed by atoms with Crippen LogP contribution in [0.4, 0.5) is 10.6 Å². The van der Waals surface area contributed by atoms with E-state index >= 15 is 0 Å². The SMILES string of the molecule is Cc1cc(NC(=O)NC[C@H](c2ccc(C)o2)N2CCOCC2)no1. The number of aromatic nitrogens is 1. The number of carbonyl (C=O) groups excluding carboxylic acids is 1. The molecule has 8 heteroatoms. The van der Waals surface area contributed by atoms with Crippen molar-refractivity contribution in [3.63, 3.8) is 0 Å². The number of amides is 2. The van der Waals surface area contributed by atoms with Crippen LogP contribution in [0.5, 0.6) is 0 Å². The first-order chi connectivity index (χ1) is 11.6. The molecule has 2 aromatic rings. The van der Waals surface area contributed by atoms with Crippen LogP contribution in [0.2, 0.25) is 0 Å². The number of hydrogen-bond donors (Lipinski definition) is 2.